The third-order valence-corrected chi connectivity index (χ3v) is 5.94. The number of morpholine rings is 1. The van der Waals surface area contributed by atoms with Gasteiger partial charge < -0.3 is 14.4 Å². The molecular weight excluding hydrogens is 320 g/mol. The van der Waals surface area contributed by atoms with Gasteiger partial charge in [-0.15, -0.1) is 0 Å². The van der Waals surface area contributed by atoms with E-state index in [9.17, 15) is 13.2 Å². The minimum Gasteiger partial charge on any atom is -0.439 e. The number of hydrogen-bond donors (Lipinski definition) is 2. The molecule has 1 aromatic carbocycles. The molecule has 0 bridgehead atoms. The fraction of sp³-hybridized carbons (Fsp3) is 0.533. The summed E-state index contributed by atoms with van der Waals surface area (Å²) in [5, 5.41) is 2.63. The highest BCUT2D eigenvalue weighted by molar-refractivity contribution is 7.91. The van der Waals surface area contributed by atoms with Crippen molar-refractivity contribution in [2.75, 3.05) is 43.1 Å². The summed E-state index contributed by atoms with van der Waals surface area (Å²) in [4.78, 5) is 13.2. The molecule has 2 heterocycles. The lowest BCUT2D eigenvalue weighted by Crippen LogP contribution is -3.19. The highest BCUT2D eigenvalue weighted by Gasteiger charge is 2.46. The first-order valence-corrected chi connectivity index (χ1v) is 9.51. The molecule has 126 valence electrons. The van der Waals surface area contributed by atoms with Crippen LogP contribution in [0.1, 0.15) is 0 Å². The Hall–Kier alpha value is -1.64. The number of quaternary nitrogens is 1. The predicted molar refractivity (Wildman–Crippen MR) is 84.3 cm³/mol. The Kier molecular flexibility index (Phi) is 4.84. The molecule has 1 aromatic rings. The lowest BCUT2D eigenvalue weighted by atomic mass is 10.1. The van der Waals surface area contributed by atoms with E-state index in [1.807, 2.05) is 6.07 Å². The van der Waals surface area contributed by atoms with Gasteiger partial charge in [0.1, 0.15) is 24.9 Å². The van der Waals surface area contributed by atoms with Crippen LogP contribution in [0.2, 0.25) is 0 Å². The van der Waals surface area contributed by atoms with Crippen molar-refractivity contribution in [2.24, 2.45) is 0 Å². The first-order valence-electron chi connectivity index (χ1n) is 7.69. The van der Waals surface area contributed by atoms with Gasteiger partial charge in [0, 0.05) is 5.69 Å². The van der Waals surface area contributed by atoms with E-state index in [1.54, 1.807) is 24.3 Å². The van der Waals surface area contributed by atoms with E-state index in [0.29, 0.717) is 18.9 Å². The van der Waals surface area contributed by atoms with Gasteiger partial charge in [-0.2, -0.15) is 0 Å². The summed E-state index contributed by atoms with van der Waals surface area (Å²) in [7, 11) is -3.18. The zero-order valence-corrected chi connectivity index (χ0v) is 13.6. The Morgan fingerprint density at radius 3 is 2.57 bits per heavy atom. The standard InChI is InChI=1S/C15H20N2O5S/c18-15(16-12-4-2-1-3-5-12)22-14-11-23(19,20)10-13(14)17-6-8-21-9-7-17/h1-5,13-14H,6-11H2,(H,16,18)/p+1/t13-,14-/m0/s1. The van der Waals surface area contributed by atoms with E-state index < -0.39 is 22.0 Å². The fourth-order valence-corrected chi connectivity index (χ4v) is 5.06. The number of rotatable bonds is 3. The van der Waals surface area contributed by atoms with Crippen LogP contribution in [0.15, 0.2) is 30.3 Å². The minimum absolute atomic E-state index is 0.0611. The number of hydrogen-bond acceptors (Lipinski definition) is 5. The predicted octanol–water partition coefficient (Wildman–Crippen LogP) is -0.684. The van der Waals surface area contributed by atoms with Crippen molar-refractivity contribution in [3.8, 4) is 0 Å². The van der Waals surface area contributed by atoms with Crippen LogP contribution in [0.4, 0.5) is 10.5 Å². The van der Waals surface area contributed by atoms with Crippen molar-refractivity contribution in [1.29, 1.82) is 0 Å². The molecule has 2 fully saturated rings. The van der Waals surface area contributed by atoms with Gasteiger partial charge in [-0.05, 0) is 12.1 Å². The van der Waals surface area contributed by atoms with Gasteiger partial charge in [0.2, 0.25) is 0 Å². The van der Waals surface area contributed by atoms with E-state index in [4.69, 9.17) is 9.47 Å². The molecule has 0 radical (unpaired) electrons. The second kappa shape index (κ2) is 6.86. The molecule has 2 atom stereocenters. The third kappa shape index (κ3) is 4.21. The third-order valence-electron chi connectivity index (χ3n) is 4.24. The lowest BCUT2D eigenvalue weighted by Gasteiger charge is -2.31. The number of amides is 1. The molecule has 0 saturated carbocycles. The van der Waals surface area contributed by atoms with Crippen LogP contribution in [0.25, 0.3) is 0 Å². The molecule has 23 heavy (non-hydrogen) atoms. The average molecular weight is 341 g/mol. The van der Waals surface area contributed by atoms with Gasteiger partial charge in [0.15, 0.2) is 15.9 Å². The van der Waals surface area contributed by atoms with Crippen LogP contribution in [0, 0.1) is 0 Å². The van der Waals surface area contributed by atoms with Crippen molar-refractivity contribution in [2.45, 2.75) is 12.1 Å². The van der Waals surface area contributed by atoms with Crippen LogP contribution in [-0.4, -0.2) is 64.5 Å². The number of carbonyl (C=O) groups excluding carboxylic acids is 1. The first kappa shape index (κ1) is 16.2. The quantitative estimate of drug-likeness (QED) is 0.761. The van der Waals surface area contributed by atoms with Gasteiger partial charge in [-0.25, -0.2) is 13.2 Å². The van der Waals surface area contributed by atoms with Gasteiger partial charge in [-0.3, -0.25) is 5.32 Å². The number of nitrogens with one attached hydrogen (secondary N) is 2. The number of anilines is 1. The summed E-state index contributed by atoms with van der Waals surface area (Å²) in [6.45, 7) is 2.68. The molecule has 2 saturated heterocycles. The van der Waals surface area contributed by atoms with Crippen molar-refractivity contribution in [3.05, 3.63) is 30.3 Å². The highest BCUT2D eigenvalue weighted by atomic mass is 32.2. The van der Waals surface area contributed by atoms with Crippen LogP contribution in [0.5, 0.6) is 0 Å². The molecule has 2 aliphatic heterocycles. The molecule has 8 heteroatoms. The normalized spacial score (nSPS) is 27.5. The number of sulfone groups is 1. The second-order valence-corrected chi connectivity index (χ2v) is 8.04. The van der Waals surface area contributed by atoms with E-state index in [1.165, 1.54) is 0 Å². The van der Waals surface area contributed by atoms with Gasteiger partial charge >= 0.3 is 6.09 Å². The summed E-state index contributed by atoms with van der Waals surface area (Å²) >= 11 is 0. The van der Waals surface area contributed by atoms with E-state index in [0.717, 1.165) is 18.0 Å². The molecule has 0 aliphatic carbocycles. The molecule has 0 aromatic heterocycles. The SMILES string of the molecule is O=C(Nc1ccccc1)O[C@H]1CS(=O)(=O)C[C@@H]1[NH+]1CCOCC1. The van der Waals surface area contributed by atoms with Crippen LogP contribution in [-0.2, 0) is 19.3 Å². The molecule has 0 spiro atoms. The molecule has 0 unspecified atom stereocenters. The Morgan fingerprint density at radius 1 is 1.17 bits per heavy atom. The summed E-state index contributed by atoms with van der Waals surface area (Å²) in [5.74, 6) is -0.0458. The van der Waals surface area contributed by atoms with E-state index in [-0.39, 0.29) is 17.5 Å². The van der Waals surface area contributed by atoms with Crippen LogP contribution < -0.4 is 10.2 Å². The maximum absolute atomic E-state index is 12.0. The van der Waals surface area contributed by atoms with Crippen molar-refractivity contribution in [3.63, 3.8) is 0 Å². The van der Waals surface area contributed by atoms with Crippen molar-refractivity contribution < 1.29 is 27.6 Å². The molecular formula is C15H21N2O5S+. The van der Waals surface area contributed by atoms with Gasteiger partial charge in [0.05, 0.1) is 19.0 Å². The topological polar surface area (TPSA) is 86.1 Å². The summed E-state index contributed by atoms with van der Waals surface area (Å²) in [6.07, 6.45) is -1.23. The zero-order valence-electron chi connectivity index (χ0n) is 12.7. The van der Waals surface area contributed by atoms with Crippen LogP contribution in [0.3, 0.4) is 0 Å². The van der Waals surface area contributed by atoms with Crippen LogP contribution >= 0.6 is 0 Å². The molecule has 2 N–H and O–H groups in total. The number of para-hydroxylation sites is 1. The smallest absolute Gasteiger partial charge is 0.412 e. The molecule has 2 aliphatic rings. The largest absolute Gasteiger partial charge is 0.439 e. The fourth-order valence-electron chi connectivity index (χ4n) is 3.12. The number of benzene rings is 1. The monoisotopic (exact) mass is 341 g/mol. The van der Waals surface area contributed by atoms with Crippen molar-refractivity contribution >= 4 is 21.6 Å². The lowest BCUT2D eigenvalue weighted by molar-refractivity contribution is -0.932. The second-order valence-electron chi connectivity index (χ2n) is 5.89. The van der Waals surface area contributed by atoms with Gasteiger partial charge in [-0.1, -0.05) is 18.2 Å². The molecule has 7 nitrogen and oxygen atoms in total. The highest BCUT2D eigenvalue weighted by Crippen LogP contribution is 2.16. The van der Waals surface area contributed by atoms with Gasteiger partial charge in [0.25, 0.3) is 0 Å². The zero-order chi connectivity index (χ0) is 16.3. The summed E-state index contributed by atoms with van der Waals surface area (Å²) < 4.78 is 34.7. The van der Waals surface area contributed by atoms with E-state index >= 15 is 0 Å². The summed E-state index contributed by atoms with van der Waals surface area (Å²) in [5.41, 5.74) is 0.619. The summed E-state index contributed by atoms with van der Waals surface area (Å²) in [6, 6.07) is 8.73. The Labute approximate surface area is 135 Å². The minimum atomic E-state index is -3.18. The molecule has 1 amide bonds. The maximum Gasteiger partial charge on any atom is 0.412 e. The Morgan fingerprint density at radius 2 is 1.87 bits per heavy atom. The Bertz CT molecular complexity index is 643. The number of carbonyl (C=O) groups is 1. The average Bonchev–Trinajstić information content (AvgIpc) is 2.83. The maximum atomic E-state index is 12.0. The van der Waals surface area contributed by atoms with E-state index in [2.05, 4.69) is 5.32 Å². The van der Waals surface area contributed by atoms with Crippen molar-refractivity contribution in [1.82, 2.24) is 0 Å². The Balaban J connectivity index is 1.65. The number of ether oxygens (including phenoxy) is 2. The first-order chi connectivity index (χ1) is 11.0. The molecule has 3 rings (SSSR count).